The first kappa shape index (κ1) is 12.3. The number of nitrogens with two attached hydrogens (primary N) is 1. The van der Waals surface area contributed by atoms with Crippen LogP contribution in [-0.2, 0) is 6.42 Å². The molecule has 0 saturated carbocycles. The van der Waals surface area contributed by atoms with Crippen LogP contribution >= 0.6 is 12.4 Å². The van der Waals surface area contributed by atoms with E-state index in [1.807, 2.05) is 12.1 Å². The molecule has 1 heterocycles. The molecule has 4 heteroatoms. The Hall–Kier alpha value is -0.770. The van der Waals surface area contributed by atoms with Gasteiger partial charge in [-0.2, -0.15) is 0 Å². The molecule has 0 spiro atoms. The van der Waals surface area contributed by atoms with Crippen molar-refractivity contribution in [1.82, 2.24) is 0 Å². The topological polar surface area (TPSA) is 55.5 Å². The Kier molecular flexibility index (Phi) is 4.39. The molecule has 0 radical (unpaired) electrons. The van der Waals surface area contributed by atoms with Gasteiger partial charge in [0.25, 0.3) is 0 Å². The minimum absolute atomic E-state index is 0. The highest BCUT2D eigenvalue weighted by molar-refractivity contribution is 5.85. The zero-order valence-corrected chi connectivity index (χ0v) is 9.30. The molecule has 3 nitrogen and oxygen atoms in total. The van der Waals surface area contributed by atoms with E-state index in [-0.39, 0.29) is 25.1 Å². The Balaban J connectivity index is 0.00000112. The first-order valence-electron chi connectivity index (χ1n) is 4.93. The predicted molar refractivity (Wildman–Crippen MR) is 61.5 cm³/mol. The number of aliphatic hydroxyl groups is 1. The Morgan fingerprint density at radius 1 is 1.47 bits per heavy atom. The molecular formula is C11H16ClNO2. The number of hydrogen-bond donors (Lipinski definition) is 2. The standard InChI is InChI=1S/C11H15NO2.ClH/c12-10(3-5-13)8-1-2-11-9(7-8)4-6-14-11;/h1-2,7,10,13H,3-6,12H2;1H. The second-order valence-electron chi connectivity index (χ2n) is 3.58. The second kappa shape index (κ2) is 5.35. The van der Waals surface area contributed by atoms with E-state index < -0.39 is 0 Å². The summed E-state index contributed by atoms with van der Waals surface area (Å²) in [5.74, 6) is 0.977. The molecule has 0 aromatic heterocycles. The molecule has 0 bridgehead atoms. The first-order valence-corrected chi connectivity index (χ1v) is 4.93. The van der Waals surface area contributed by atoms with Gasteiger partial charge in [0, 0.05) is 19.1 Å². The van der Waals surface area contributed by atoms with Crippen LogP contribution in [0.1, 0.15) is 23.6 Å². The van der Waals surface area contributed by atoms with Crippen molar-refractivity contribution >= 4 is 12.4 Å². The zero-order chi connectivity index (χ0) is 9.97. The van der Waals surface area contributed by atoms with Gasteiger partial charge in [0.15, 0.2) is 0 Å². The fourth-order valence-electron chi connectivity index (χ4n) is 1.74. The van der Waals surface area contributed by atoms with Crippen molar-refractivity contribution in [2.24, 2.45) is 5.73 Å². The summed E-state index contributed by atoms with van der Waals surface area (Å²) in [6, 6.07) is 5.97. The quantitative estimate of drug-likeness (QED) is 0.825. The number of fused-ring (bicyclic) bond motifs is 1. The molecule has 1 aromatic rings. The van der Waals surface area contributed by atoms with Gasteiger partial charge < -0.3 is 15.6 Å². The maximum Gasteiger partial charge on any atom is 0.122 e. The summed E-state index contributed by atoms with van der Waals surface area (Å²) in [4.78, 5) is 0. The minimum atomic E-state index is -0.0640. The van der Waals surface area contributed by atoms with Crippen LogP contribution in [-0.4, -0.2) is 18.3 Å². The molecular weight excluding hydrogens is 214 g/mol. The van der Waals surface area contributed by atoms with Gasteiger partial charge >= 0.3 is 0 Å². The van der Waals surface area contributed by atoms with Crippen molar-refractivity contribution in [3.63, 3.8) is 0 Å². The van der Waals surface area contributed by atoms with Crippen molar-refractivity contribution < 1.29 is 9.84 Å². The van der Waals surface area contributed by atoms with Gasteiger partial charge in [-0.15, -0.1) is 12.4 Å². The highest BCUT2D eigenvalue weighted by atomic mass is 35.5. The number of rotatable bonds is 3. The molecule has 0 fully saturated rings. The van der Waals surface area contributed by atoms with Crippen LogP contribution in [0.5, 0.6) is 5.75 Å². The molecule has 84 valence electrons. The van der Waals surface area contributed by atoms with E-state index in [1.54, 1.807) is 0 Å². The van der Waals surface area contributed by atoms with Crippen molar-refractivity contribution in [1.29, 1.82) is 0 Å². The number of halogens is 1. The Labute approximate surface area is 95.7 Å². The summed E-state index contributed by atoms with van der Waals surface area (Å²) >= 11 is 0. The second-order valence-corrected chi connectivity index (χ2v) is 3.58. The third kappa shape index (κ3) is 2.62. The molecule has 2 rings (SSSR count). The predicted octanol–water partition coefficient (Wildman–Crippen LogP) is 1.43. The summed E-state index contributed by atoms with van der Waals surface area (Å²) in [5, 5.41) is 8.79. The van der Waals surface area contributed by atoms with Gasteiger partial charge in [-0.1, -0.05) is 12.1 Å². The van der Waals surface area contributed by atoms with E-state index in [2.05, 4.69) is 6.07 Å². The lowest BCUT2D eigenvalue weighted by molar-refractivity contribution is 0.276. The number of ether oxygens (including phenoxy) is 1. The van der Waals surface area contributed by atoms with E-state index in [1.165, 1.54) is 5.56 Å². The number of aliphatic hydroxyl groups excluding tert-OH is 1. The van der Waals surface area contributed by atoms with E-state index in [9.17, 15) is 0 Å². The molecule has 3 N–H and O–H groups in total. The SMILES string of the molecule is Cl.NC(CCO)c1ccc2c(c1)CCO2. The molecule has 15 heavy (non-hydrogen) atoms. The molecule has 0 aliphatic carbocycles. The summed E-state index contributed by atoms with van der Waals surface area (Å²) in [6.07, 6.45) is 1.58. The molecule has 1 atom stereocenters. The highest BCUT2D eigenvalue weighted by Gasteiger charge is 2.14. The molecule has 0 saturated heterocycles. The summed E-state index contributed by atoms with van der Waals surface area (Å²) < 4.78 is 5.40. The van der Waals surface area contributed by atoms with Crippen LogP contribution < -0.4 is 10.5 Å². The van der Waals surface area contributed by atoms with Crippen LogP contribution in [0.15, 0.2) is 18.2 Å². The molecule has 1 aliphatic heterocycles. The fraction of sp³-hybridized carbons (Fsp3) is 0.455. The van der Waals surface area contributed by atoms with E-state index in [0.717, 1.165) is 24.3 Å². The fourth-order valence-corrected chi connectivity index (χ4v) is 1.74. The van der Waals surface area contributed by atoms with Crippen molar-refractivity contribution in [2.75, 3.05) is 13.2 Å². The molecule has 1 aromatic carbocycles. The average molecular weight is 230 g/mol. The lowest BCUT2D eigenvalue weighted by atomic mass is 10.0. The lowest BCUT2D eigenvalue weighted by Gasteiger charge is -2.11. The van der Waals surface area contributed by atoms with E-state index in [0.29, 0.717) is 6.42 Å². The van der Waals surface area contributed by atoms with Crippen molar-refractivity contribution in [3.05, 3.63) is 29.3 Å². The molecule has 1 aliphatic rings. The molecule has 1 unspecified atom stereocenters. The lowest BCUT2D eigenvalue weighted by Crippen LogP contribution is -2.11. The van der Waals surface area contributed by atoms with Crippen molar-refractivity contribution in [3.8, 4) is 5.75 Å². The minimum Gasteiger partial charge on any atom is -0.493 e. The maximum atomic E-state index is 8.79. The summed E-state index contributed by atoms with van der Waals surface area (Å²) in [6.45, 7) is 0.906. The largest absolute Gasteiger partial charge is 0.493 e. The van der Waals surface area contributed by atoms with Gasteiger partial charge in [-0.25, -0.2) is 0 Å². The number of benzene rings is 1. The first-order chi connectivity index (χ1) is 6.81. The summed E-state index contributed by atoms with van der Waals surface area (Å²) in [7, 11) is 0. The van der Waals surface area contributed by atoms with Crippen LogP contribution in [0.3, 0.4) is 0 Å². The Morgan fingerprint density at radius 2 is 2.27 bits per heavy atom. The maximum absolute atomic E-state index is 8.79. The zero-order valence-electron chi connectivity index (χ0n) is 8.48. The Morgan fingerprint density at radius 3 is 3.00 bits per heavy atom. The average Bonchev–Trinajstić information content (AvgIpc) is 2.64. The highest BCUT2D eigenvalue weighted by Crippen LogP contribution is 2.28. The summed E-state index contributed by atoms with van der Waals surface area (Å²) in [5.41, 5.74) is 8.22. The van der Waals surface area contributed by atoms with Gasteiger partial charge in [-0.05, 0) is 23.6 Å². The van der Waals surface area contributed by atoms with Gasteiger partial charge in [-0.3, -0.25) is 0 Å². The Bertz CT molecular complexity index is 330. The monoisotopic (exact) mass is 229 g/mol. The van der Waals surface area contributed by atoms with E-state index >= 15 is 0 Å². The van der Waals surface area contributed by atoms with Crippen LogP contribution in [0.25, 0.3) is 0 Å². The van der Waals surface area contributed by atoms with Gasteiger partial charge in [0.2, 0.25) is 0 Å². The third-order valence-corrected chi connectivity index (χ3v) is 2.58. The van der Waals surface area contributed by atoms with Crippen LogP contribution in [0, 0.1) is 0 Å². The normalized spacial score (nSPS) is 15.1. The van der Waals surface area contributed by atoms with Crippen LogP contribution in [0.4, 0.5) is 0 Å². The third-order valence-electron chi connectivity index (χ3n) is 2.58. The van der Waals surface area contributed by atoms with E-state index in [4.69, 9.17) is 15.6 Å². The van der Waals surface area contributed by atoms with Crippen LogP contribution in [0.2, 0.25) is 0 Å². The van der Waals surface area contributed by atoms with Gasteiger partial charge in [0.1, 0.15) is 5.75 Å². The van der Waals surface area contributed by atoms with Crippen molar-refractivity contribution in [2.45, 2.75) is 18.9 Å². The van der Waals surface area contributed by atoms with Gasteiger partial charge in [0.05, 0.1) is 6.61 Å². The number of hydrogen-bond acceptors (Lipinski definition) is 3. The molecule has 0 amide bonds. The smallest absolute Gasteiger partial charge is 0.122 e.